The van der Waals surface area contributed by atoms with Gasteiger partial charge in [-0.05, 0) is 36.5 Å². The summed E-state index contributed by atoms with van der Waals surface area (Å²) in [5.74, 6) is -0.778. The van der Waals surface area contributed by atoms with E-state index in [1.54, 1.807) is 24.3 Å². The van der Waals surface area contributed by atoms with Gasteiger partial charge in [-0.3, -0.25) is 4.79 Å². The van der Waals surface area contributed by atoms with Gasteiger partial charge in [-0.1, -0.05) is 48.5 Å². The second-order valence-electron chi connectivity index (χ2n) is 6.87. The molecule has 1 aliphatic rings. The average Bonchev–Trinajstić information content (AvgIpc) is 2.71. The number of amides is 1. The predicted octanol–water partition coefficient (Wildman–Crippen LogP) is 3.60. The summed E-state index contributed by atoms with van der Waals surface area (Å²) < 4.78 is 5.96. The van der Waals surface area contributed by atoms with Crippen molar-refractivity contribution in [3.05, 3.63) is 71.3 Å². The minimum absolute atomic E-state index is 0.00739. The number of aromatic carboxylic acids is 1. The Morgan fingerprint density at radius 2 is 1.81 bits per heavy atom. The third kappa shape index (κ3) is 5.17. The van der Waals surface area contributed by atoms with Crippen molar-refractivity contribution in [1.82, 2.24) is 5.32 Å². The molecule has 0 spiro atoms. The Bertz CT molecular complexity index is 775. The third-order valence-corrected chi connectivity index (χ3v) is 5.00. The molecular formula is C22H25NO4. The molecule has 27 heavy (non-hydrogen) atoms. The molecule has 2 aromatic carbocycles. The first-order valence-electron chi connectivity index (χ1n) is 9.39. The van der Waals surface area contributed by atoms with Gasteiger partial charge in [0.15, 0.2) is 0 Å². The number of carboxylic acid groups (broad SMARTS) is 1. The number of ether oxygens (including phenoxy) is 1. The molecule has 1 aliphatic heterocycles. The molecule has 142 valence electrons. The Labute approximate surface area is 159 Å². The van der Waals surface area contributed by atoms with E-state index in [1.807, 2.05) is 18.2 Å². The molecule has 0 radical (unpaired) electrons. The van der Waals surface area contributed by atoms with Crippen molar-refractivity contribution in [2.75, 3.05) is 13.2 Å². The maximum atomic E-state index is 12.3. The fourth-order valence-electron chi connectivity index (χ4n) is 3.59. The van der Waals surface area contributed by atoms with Gasteiger partial charge in [-0.25, -0.2) is 4.79 Å². The SMILES string of the molecule is O=C(CCc1ccccc1C(=O)O)NCC1CCCOC1c1ccccc1. The van der Waals surface area contributed by atoms with Crippen molar-refractivity contribution in [1.29, 1.82) is 0 Å². The summed E-state index contributed by atoms with van der Waals surface area (Å²) in [5, 5.41) is 12.2. The van der Waals surface area contributed by atoms with Crippen LogP contribution in [0.15, 0.2) is 54.6 Å². The molecule has 2 aromatic rings. The highest BCUT2D eigenvalue weighted by Gasteiger charge is 2.27. The smallest absolute Gasteiger partial charge is 0.335 e. The summed E-state index contributed by atoms with van der Waals surface area (Å²) in [7, 11) is 0. The summed E-state index contributed by atoms with van der Waals surface area (Å²) in [6.07, 6.45) is 2.70. The van der Waals surface area contributed by atoms with E-state index < -0.39 is 5.97 Å². The number of carbonyl (C=O) groups excluding carboxylic acids is 1. The van der Waals surface area contributed by atoms with Crippen LogP contribution in [0.25, 0.3) is 0 Å². The van der Waals surface area contributed by atoms with Crippen LogP contribution in [0, 0.1) is 5.92 Å². The minimum atomic E-state index is -0.962. The highest BCUT2D eigenvalue weighted by Crippen LogP contribution is 2.33. The molecule has 1 saturated heterocycles. The first-order valence-corrected chi connectivity index (χ1v) is 9.39. The Hall–Kier alpha value is -2.66. The van der Waals surface area contributed by atoms with Crippen LogP contribution in [-0.2, 0) is 16.0 Å². The van der Waals surface area contributed by atoms with Crippen molar-refractivity contribution in [3.8, 4) is 0 Å². The summed E-state index contributed by atoms with van der Waals surface area (Å²) in [5.41, 5.74) is 2.09. The topological polar surface area (TPSA) is 75.6 Å². The molecule has 1 heterocycles. The van der Waals surface area contributed by atoms with Gasteiger partial charge in [0.1, 0.15) is 0 Å². The van der Waals surface area contributed by atoms with Gasteiger partial charge in [-0.15, -0.1) is 0 Å². The molecule has 0 aromatic heterocycles. The number of aryl methyl sites for hydroxylation is 1. The maximum Gasteiger partial charge on any atom is 0.335 e. The van der Waals surface area contributed by atoms with E-state index in [-0.39, 0.29) is 29.9 Å². The highest BCUT2D eigenvalue weighted by molar-refractivity contribution is 5.89. The number of rotatable bonds is 7. The van der Waals surface area contributed by atoms with Gasteiger partial charge < -0.3 is 15.2 Å². The fraction of sp³-hybridized carbons (Fsp3) is 0.364. The van der Waals surface area contributed by atoms with E-state index >= 15 is 0 Å². The van der Waals surface area contributed by atoms with Crippen molar-refractivity contribution < 1.29 is 19.4 Å². The molecule has 5 heteroatoms. The fourth-order valence-corrected chi connectivity index (χ4v) is 3.59. The van der Waals surface area contributed by atoms with Gasteiger partial charge in [0.05, 0.1) is 11.7 Å². The molecule has 0 bridgehead atoms. The molecule has 5 nitrogen and oxygen atoms in total. The number of nitrogens with one attached hydrogen (secondary N) is 1. The molecular weight excluding hydrogens is 342 g/mol. The number of benzene rings is 2. The summed E-state index contributed by atoms with van der Waals surface area (Å²) >= 11 is 0. The van der Waals surface area contributed by atoms with Crippen LogP contribution in [0.2, 0.25) is 0 Å². The van der Waals surface area contributed by atoms with Crippen molar-refractivity contribution in [2.45, 2.75) is 31.8 Å². The van der Waals surface area contributed by atoms with Crippen LogP contribution >= 0.6 is 0 Å². The summed E-state index contributed by atoms with van der Waals surface area (Å²) in [6.45, 7) is 1.31. The summed E-state index contributed by atoms with van der Waals surface area (Å²) in [4.78, 5) is 23.5. The van der Waals surface area contributed by atoms with Crippen LogP contribution in [0.5, 0.6) is 0 Å². The van der Waals surface area contributed by atoms with E-state index in [1.165, 1.54) is 0 Å². The zero-order chi connectivity index (χ0) is 19.1. The first-order chi connectivity index (χ1) is 13.1. The lowest BCUT2D eigenvalue weighted by atomic mass is 9.89. The lowest BCUT2D eigenvalue weighted by Crippen LogP contribution is -2.35. The molecule has 0 saturated carbocycles. The molecule has 2 unspecified atom stereocenters. The molecule has 2 N–H and O–H groups in total. The summed E-state index contributed by atoms with van der Waals surface area (Å²) in [6, 6.07) is 16.9. The lowest BCUT2D eigenvalue weighted by Gasteiger charge is -2.32. The van der Waals surface area contributed by atoms with Crippen LogP contribution in [0.1, 0.15) is 46.9 Å². The van der Waals surface area contributed by atoms with Gasteiger partial charge in [0.25, 0.3) is 0 Å². The first kappa shape index (κ1) is 19.1. The van der Waals surface area contributed by atoms with Crippen molar-refractivity contribution in [3.63, 3.8) is 0 Å². The largest absolute Gasteiger partial charge is 0.478 e. The Balaban J connectivity index is 1.53. The van der Waals surface area contributed by atoms with E-state index in [0.717, 1.165) is 25.0 Å². The molecule has 2 atom stereocenters. The third-order valence-electron chi connectivity index (χ3n) is 5.00. The van der Waals surface area contributed by atoms with Crippen molar-refractivity contribution in [2.24, 2.45) is 5.92 Å². The monoisotopic (exact) mass is 367 g/mol. The maximum absolute atomic E-state index is 12.3. The number of hydrogen-bond acceptors (Lipinski definition) is 3. The number of carboxylic acids is 1. The Kier molecular flexibility index (Phi) is 6.60. The predicted molar refractivity (Wildman–Crippen MR) is 103 cm³/mol. The standard InChI is InChI=1S/C22H25NO4/c24-20(13-12-16-7-4-5-11-19(16)22(25)26)23-15-18-10-6-14-27-21(18)17-8-2-1-3-9-17/h1-5,7-9,11,18,21H,6,10,12-15H2,(H,23,24)(H,25,26). The van der Waals surface area contributed by atoms with E-state index in [9.17, 15) is 14.7 Å². The van der Waals surface area contributed by atoms with Gasteiger partial charge in [0.2, 0.25) is 5.91 Å². The van der Waals surface area contributed by atoms with Crippen LogP contribution < -0.4 is 5.32 Å². The molecule has 0 aliphatic carbocycles. The van der Waals surface area contributed by atoms with E-state index in [0.29, 0.717) is 18.5 Å². The zero-order valence-electron chi connectivity index (χ0n) is 15.3. The molecule has 3 rings (SSSR count). The van der Waals surface area contributed by atoms with Crippen molar-refractivity contribution >= 4 is 11.9 Å². The molecule has 1 fully saturated rings. The van der Waals surface area contributed by atoms with Crippen LogP contribution in [0.3, 0.4) is 0 Å². The average molecular weight is 367 g/mol. The van der Waals surface area contributed by atoms with Gasteiger partial charge in [0, 0.05) is 25.5 Å². The number of hydrogen-bond donors (Lipinski definition) is 2. The van der Waals surface area contributed by atoms with E-state index in [2.05, 4.69) is 17.4 Å². The quantitative estimate of drug-likeness (QED) is 0.784. The minimum Gasteiger partial charge on any atom is -0.478 e. The van der Waals surface area contributed by atoms with E-state index in [4.69, 9.17) is 4.74 Å². The normalized spacial score (nSPS) is 19.4. The second-order valence-corrected chi connectivity index (χ2v) is 6.87. The van der Waals surface area contributed by atoms with Crippen LogP contribution in [0.4, 0.5) is 0 Å². The Morgan fingerprint density at radius 3 is 2.59 bits per heavy atom. The second kappa shape index (κ2) is 9.33. The van der Waals surface area contributed by atoms with Crippen LogP contribution in [-0.4, -0.2) is 30.1 Å². The van der Waals surface area contributed by atoms with Gasteiger partial charge in [-0.2, -0.15) is 0 Å². The Morgan fingerprint density at radius 1 is 1.07 bits per heavy atom. The number of carbonyl (C=O) groups is 2. The van der Waals surface area contributed by atoms with Gasteiger partial charge >= 0.3 is 5.97 Å². The zero-order valence-corrected chi connectivity index (χ0v) is 15.3. The molecule has 1 amide bonds. The lowest BCUT2D eigenvalue weighted by molar-refractivity contribution is -0.121. The highest BCUT2D eigenvalue weighted by atomic mass is 16.5.